The Labute approximate surface area is 178 Å². The Hall–Kier alpha value is -2.52. The number of nitro benzene ring substituents is 1. The van der Waals surface area contributed by atoms with Gasteiger partial charge in [-0.15, -0.1) is 18.3 Å². The van der Waals surface area contributed by atoms with Gasteiger partial charge in [-0.3, -0.25) is 29.9 Å². The Balaban J connectivity index is 1.99. The van der Waals surface area contributed by atoms with Gasteiger partial charge in [-0.2, -0.15) is 0 Å². The van der Waals surface area contributed by atoms with Crippen LogP contribution in [0.15, 0.2) is 41.3 Å². The Morgan fingerprint density at radius 1 is 1.31 bits per heavy atom. The topological polar surface area (TPSA) is 92.6 Å². The number of nitrogens with one attached hydrogen (secondary N) is 1. The van der Waals surface area contributed by atoms with E-state index in [-0.39, 0.29) is 22.9 Å². The van der Waals surface area contributed by atoms with Crippen molar-refractivity contribution in [2.75, 3.05) is 6.54 Å². The van der Waals surface area contributed by atoms with Gasteiger partial charge in [-0.25, -0.2) is 0 Å². The highest BCUT2D eigenvalue weighted by Crippen LogP contribution is 2.37. The molecule has 1 aliphatic carbocycles. The fourth-order valence-electron chi connectivity index (χ4n) is 3.38. The Bertz CT molecular complexity index is 907. The van der Waals surface area contributed by atoms with Crippen LogP contribution in [0.3, 0.4) is 0 Å². The van der Waals surface area contributed by atoms with E-state index in [9.17, 15) is 19.7 Å². The van der Waals surface area contributed by atoms with Crippen LogP contribution in [-0.4, -0.2) is 38.5 Å². The Morgan fingerprint density at radius 3 is 2.69 bits per heavy atom. The van der Waals surface area contributed by atoms with Crippen molar-refractivity contribution in [2.24, 2.45) is 0 Å². The van der Waals surface area contributed by atoms with Crippen LogP contribution >= 0.6 is 24.0 Å². The minimum atomic E-state index is -0.611. The normalized spacial score (nSPS) is 19.4. The molecule has 1 saturated heterocycles. The van der Waals surface area contributed by atoms with Crippen molar-refractivity contribution in [3.63, 3.8) is 0 Å². The number of carbonyl (C=O) groups is 2. The first-order chi connectivity index (χ1) is 13.9. The van der Waals surface area contributed by atoms with Gasteiger partial charge in [0.15, 0.2) is 5.11 Å². The summed E-state index contributed by atoms with van der Waals surface area (Å²) in [7, 11) is 0. The second-order valence-corrected chi connectivity index (χ2v) is 8.61. The van der Waals surface area contributed by atoms with E-state index < -0.39 is 16.7 Å². The molecule has 2 amide bonds. The molecule has 0 aromatic heterocycles. The van der Waals surface area contributed by atoms with Gasteiger partial charge in [0.1, 0.15) is 5.57 Å². The molecule has 2 fully saturated rings. The molecule has 0 bridgehead atoms. The number of rotatable bonds is 6. The first-order valence-electron chi connectivity index (χ1n) is 9.35. The first-order valence-corrected chi connectivity index (χ1v) is 10.6. The number of nitrogens with zero attached hydrogens (tertiary/aromatic N) is 2. The first kappa shape index (κ1) is 21.2. The van der Waals surface area contributed by atoms with Crippen molar-refractivity contribution in [3.8, 4) is 0 Å². The van der Waals surface area contributed by atoms with Gasteiger partial charge in [0.2, 0.25) is 0 Å². The monoisotopic (exact) mass is 431 g/mol. The number of hydrogen-bond acceptors (Lipinski definition) is 6. The fraction of sp³-hybridized carbons (Fsp3) is 0.350. The van der Waals surface area contributed by atoms with Gasteiger partial charge >= 0.3 is 0 Å². The van der Waals surface area contributed by atoms with Crippen LogP contribution in [0.5, 0.6) is 0 Å². The van der Waals surface area contributed by atoms with Gasteiger partial charge in [0.05, 0.1) is 4.92 Å². The molecule has 1 aromatic carbocycles. The van der Waals surface area contributed by atoms with Crippen LogP contribution in [0.1, 0.15) is 37.7 Å². The number of hydrogen-bond donors (Lipinski definition) is 1. The van der Waals surface area contributed by atoms with Crippen LogP contribution in [0, 0.1) is 10.1 Å². The largest absolute Gasteiger partial charge is 0.298 e. The van der Waals surface area contributed by atoms with E-state index in [2.05, 4.69) is 11.9 Å². The minimum Gasteiger partial charge on any atom is -0.298 e. The van der Waals surface area contributed by atoms with Gasteiger partial charge in [-0.05, 0) is 42.8 Å². The highest BCUT2D eigenvalue weighted by Gasteiger charge is 2.33. The smallest absolute Gasteiger partial charge is 0.270 e. The third-order valence-electron chi connectivity index (χ3n) is 4.85. The second-order valence-electron chi connectivity index (χ2n) is 6.88. The van der Waals surface area contributed by atoms with E-state index in [4.69, 9.17) is 12.2 Å². The summed E-state index contributed by atoms with van der Waals surface area (Å²) in [4.78, 5) is 38.0. The maximum atomic E-state index is 12.8. The van der Waals surface area contributed by atoms with Crippen molar-refractivity contribution in [3.05, 3.63) is 52.1 Å². The molecular weight excluding hydrogens is 410 g/mol. The Morgan fingerprint density at radius 2 is 2.03 bits per heavy atom. The highest BCUT2D eigenvalue weighted by atomic mass is 32.2. The SMILES string of the molecule is C=CCN1C(=O)/C(=C/c2cc([N+](=O)[O-])ccc2SC2CCCCC2)C(=O)NC1=S. The summed E-state index contributed by atoms with van der Waals surface area (Å²) >= 11 is 6.71. The molecule has 3 rings (SSSR count). The molecule has 152 valence electrons. The lowest BCUT2D eigenvalue weighted by Crippen LogP contribution is -2.53. The van der Waals surface area contributed by atoms with Crippen LogP contribution in [-0.2, 0) is 9.59 Å². The molecule has 7 nitrogen and oxygen atoms in total. The van der Waals surface area contributed by atoms with Gasteiger partial charge in [-0.1, -0.05) is 25.3 Å². The molecule has 0 radical (unpaired) electrons. The van der Waals surface area contributed by atoms with E-state index >= 15 is 0 Å². The van der Waals surface area contributed by atoms with Gasteiger partial charge in [0, 0.05) is 28.8 Å². The van der Waals surface area contributed by atoms with E-state index in [1.54, 1.807) is 17.8 Å². The summed E-state index contributed by atoms with van der Waals surface area (Å²) in [6, 6.07) is 4.56. The van der Waals surface area contributed by atoms with E-state index in [0.717, 1.165) is 30.6 Å². The van der Waals surface area contributed by atoms with Gasteiger partial charge in [0.25, 0.3) is 17.5 Å². The number of non-ortho nitro benzene ring substituents is 1. The predicted octanol–water partition coefficient (Wildman–Crippen LogP) is 3.83. The summed E-state index contributed by atoms with van der Waals surface area (Å²) < 4.78 is 0. The summed E-state index contributed by atoms with van der Waals surface area (Å²) in [5.74, 6) is -1.15. The molecule has 1 aromatic rings. The number of thiocarbonyl (C=S) groups is 1. The molecular formula is C20H21N3O4S2. The van der Waals surface area contributed by atoms with Crippen molar-refractivity contribution >= 4 is 52.7 Å². The number of carbonyl (C=O) groups excluding carboxylic acids is 2. The minimum absolute atomic E-state index is 0.0212. The maximum absolute atomic E-state index is 12.8. The van der Waals surface area contributed by atoms with E-state index in [1.165, 1.54) is 35.6 Å². The van der Waals surface area contributed by atoms with Crippen LogP contribution in [0.2, 0.25) is 0 Å². The zero-order valence-corrected chi connectivity index (χ0v) is 17.4. The fourth-order valence-corrected chi connectivity index (χ4v) is 4.96. The molecule has 1 aliphatic heterocycles. The zero-order valence-electron chi connectivity index (χ0n) is 15.8. The van der Waals surface area contributed by atoms with Crippen molar-refractivity contribution < 1.29 is 14.5 Å². The number of thioether (sulfide) groups is 1. The molecule has 29 heavy (non-hydrogen) atoms. The molecule has 1 saturated carbocycles. The lowest BCUT2D eigenvalue weighted by Gasteiger charge is -2.28. The third-order valence-corrected chi connectivity index (χ3v) is 6.60. The van der Waals surface area contributed by atoms with Gasteiger partial charge < -0.3 is 0 Å². The number of benzene rings is 1. The highest BCUT2D eigenvalue weighted by molar-refractivity contribution is 8.00. The second kappa shape index (κ2) is 9.32. The molecule has 1 heterocycles. The predicted molar refractivity (Wildman–Crippen MR) is 116 cm³/mol. The third kappa shape index (κ3) is 4.91. The summed E-state index contributed by atoms with van der Waals surface area (Å²) in [5, 5.41) is 14.2. The van der Waals surface area contributed by atoms with Crippen LogP contribution in [0.4, 0.5) is 5.69 Å². The van der Waals surface area contributed by atoms with Crippen LogP contribution in [0.25, 0.3) is 6.08 Å². The Kier molecular flexibility index (Phi) is 6.81. The lowest BCUT2D eigenvalue weighted by molar-refractivity contribution is -0.384. The van der Waals surface area contributed by atoms with Crippen LogP contribution < -0.4 is 5.32 Å². The maximum Gasteiger partial charge on any atom is 0.270 e. The summed E-state index contributed by atoms with van der Waals surface area (Å²) in [6.07, 6.45) is 8.65. The quantitative estimate of drug-likeness (QED) is 0.184. The lowest BCUT2D eigenvalue weighted by atomic mass is 10.0. The molecule has 2 aliphatic rings. The van der Waals surface area contributed by atoms with Crippen molar-refractivity contribution in [2.45, 2.75) is 42.2 Å². The molecule has 1 N–H and O–H groups in total. The molecule has 0 unspecified atom stereocenters. The summed E-state index contributed by atoms with van der Waals surface area (Å²) in [5.41, 5.74) is 0.290. The standard InChI is InChI=1S/C20H21N3O4S2/c1-2-10-22-19(25)16(18(24)21-20(22)28)12-13-11-14(23(26)27)8-9-17(13)29-15-6-4-3-5-7-15/h2,8-9,11-12,15H,1,3-7,10H2,(H,21,24,28)/b16-12+. The number of nitro groups is 1. The van der Waals surface area contributed by atoms with Crippen molar-refractivity contribution in [1.82, 2.24) is 10.2 Å². The number of amides is 2. The average Bonchev–Trinajstić information content (AvgIpc) is 2.70. The average molecular weight is 432 g/mol. The van der Waals surface area contributed by atoms with E-state index in [0.29, 0.717) is 10.8 Å². The molecule has 9 heteroatoms. The molecule has 0 atom stereocenters. The van der Waals surface area contributed by atoms with Crippen molar-refractivity contribution in [1.29, 1.82) is 0 Å². The molecule has 0 spiro atoms. The zero-order chi connectivity index (χ0) is 21.0. The van der Waals surface area contributed by atoms with E-state index in [1.807, 2.05) is 0 Å². The summed E-state index contributed by atoms with van der Waals surface area (Å²) in [6.45, 7) is 3.76.